The highest BCUT2D eigenvalue weighted by molar-refractivity contribution is 5.88. The molecule has 5 aliphatic heterocycles. The van der Waals surface area contributed by atoms with Crippen LogP contribution in [0.5, 0.6) is 0 Å². The normalized spacial score (nSPS) is 34.2. The summed E-state index contributed by atoms with van der Waals surface area (Å²) in [5.74, 6) is -1.43. The maximum absolute atomic E-state index is 13.2. The molecule has 0 radical (unpaired) electrons. The Bertz CT molecular complexity index is 4090. The molecular weight excluding hydrogens is 1890 g/mol. The number of hydrogen-bond acceptors (Lipinski definition) is 26. The molecule has 27 nitrogen and oxygen atoms in total. The Hall–Kier alpha value is -8.47. The molecule has 0 aromatic carbocycles. The molecule has 7 aliphatic rings. The van der Waals surface area contributed by atoms with Crippen molar-refractivity contribution >= 4 is 47.3 Å². The lowest BCUT2D eigenvalue weighted by Crippen LogP contribution is -2.45. The Morgan fingerprint density at radius 1 is 0.354 bits per heavy atom. The van der Waals surface area contributed by atoms with Gasteiger partial charge in [0.25, 0.3) is 0 Å². The molecule has 0 bridgehead atoms. The number of alkyl halides is 3. The summed E-state index contributed by atoms with van der Waals surface area (Å²) >= 11 is 0. The molecule has 0 spiro atoms. The number of amides is 1. The second-order valence-corrected chi connectivity index (χ2v) is 39.7. The first-order chi connectivity index (χ1) is 69.7. The van der Waals surface area contributed by atoms with Gasteiger partial charge in [0, 0.05) is 149 Å². The van der Waals surface area contributed by atoms with Crippen LogP contribution >= 0.6 is 0 Å². The second-order valence-electron chi connectivity index (χ2n) is 39.7. The Morgan fingerprint density at radius 3 is 1.05 bits per heavy atom. The maximum Gasteiger partial charge on any atom is 0.417 e. The van der Waals surface area contributed by atoms with Crippen molar-refractivity contribution in [2.45, 2.75) is 388 Å². The summed E-state index contributed by atoms with van der Waals surface area (Å²) < 4.78 is 103. The molecule has 147 heavy (non-hydrogen) atoms. The lowest BCUT2D eigenvalue weighted by atomic mass is 9.87. The zero-order chi connectivity index (χ0) is 110. The Labute approximate surface area is 877 Å². The van der Waals surface area contributed by atoms with E-state index in [0.717, 1.165) is 149 Å². The fourth-order valence-corrected chi connectivity index (χ4v) is 16.9. The third-order valence-corrected chi connectivity index (χ3v) is 25.9. The summed E-state index contributed by atoms with van der Waals surface area (Å²) in [6.45, 7) is 29.7. The number of halogens is 3. The average Bonchev–Trinajstić information content (AvgIpc) is 0.815. The van der Waals surface area contributed by atoms with Gasteiger partial charge >= 0.3 is 36.0 Å². The number of nitrogens with one attached hydrogen (secondary N) is 1. The van der Waals surface area contributed by atoms with Crippen LogP contribution in [0.3, 0.4) is 0 Å². The van der Waals surface area contributed by atoms with Gasteiger partial charge in [-0.05, 0) is 225 Å². The van der Waals surface area contributed by atoms with Crippen LogP contribution < -0.4 is 5.32 Å². The van der Waals surface area contributed by atoms with E-state index in [4.69, 9.17) is 56.8 Å². The minimum absolute atomic E-state index is 0.0163. The summed E-state index contributed by atoms with van der Waals surface area (Å²) in [6, 6.07) is 0. The monoisotopic (exact) mass is 2080 g/mol. The van der Waals surface area contributed by atoms with E-state index >= 15 is 0 Å². The standard InChI is InChI=1S/C18H29F3O3.C18H28O5.C17H28O3.C16H27NO3.C16H26O4.2C16H24O4/c1-13-9-11-17(23,18(19,20)21)10-7-5-4-6-8-15(24-3)16(22)14(2)12-13;1-13-11-14(2)18(23-15(3)19)16(21-4)9-7-5-6-8-10-17(20)22-12-13;1-13-10-11-15(18)8-6-4-5-7-9-16(20-3)17(19)14(2)12-13;1-12-10-13(2)16(19)14(20-3)8-6-4-5-7-9-15(18)17-11-12;3*1-12-10-13(2)16(18)14(19-3)8-6-4-5-7-9-15(17)20-11-12/h6,8,12,14-16,22-23H,4-5,7,9-11H2,1-3H3;7,9,11,14,16,18H,5-6,8,10,12H2,1-4H3;7,9,12,14,16-17,19H,4-6,8,10-11H2,1-3H3;6,8,10,13-14,16,19H,4-5,7,9,11H2,1-3H3,(H,17,18);6,8,10,13-14,16,18H,4-5,7,9,11H2,1-3H3;6,8,10,13-14H,4-5,7,9,11H2,1-3H3;6-10,13-14,16,18H,4-5,11H2,1-3H3/b8-6+,13-12-;9-7+,13-11-;9-7+,13-12-;3*8-6+,12-10-;8-6+,9-7+,12-10-/t14?,15-,16-,17?;14?,16-,18-;14?,16-,17-;2*13?,14-,16-;13?,14-;13?,14-,16-/m0000000/s1. The SMILES string of the molecule is CO[C@H]1/C=C/CC/C=C/C(=O)OC/C(C)=C\C(C)[C@@H]1O.CO[C@H]1/C=C/CCCCC(=O)CC/C(C)=C\C(C)[C@@H]1O.CO[C@H]1/C=C/CCCCC(=O)NC/C(C)=C\C(C)[C@@H]1O.CO[C@H]1/C=C/CCCCC(=O)OC/C(C)=C\C(C)C1=O.CO[C@H]1/C=C/CCCCC(=O)OC/C(C)=C\C(C)[C@@H]1O.CO[C@H]1/C=C/CCCCC(=O)OC/C(C)=C\C(C)[C@@H]1OC(C)=O.CO[C@H]1/C=C/CCCCC(O)(C(F)(F)F)CC/C(C)=C\C(C)[C@@H]1O. The number of aliphatic hydroxyl groups is 6. The van der Waals surface area contributed by atoms with Gasteiger partial charge in [-0.15, -0.1) is 0 Å². The lowest BCUT2D eigenvalue weighted by molar-refractivity contribution is -0.265. The molecule has 0 fully saturated rings. The number of rotatable bonds is 8. The van der Waals surface area contributed by atoms with E-state index in [-0.39, 0.29) is 153 Å². The molecule has 836 valence electrons. The molecule has 0 saturated carbocycles. The van der Waals surface area contributed by atoms with Gasteiger partial charge < -0.3 is 92.8 Å². The summed E-state index contributed by atoms with van der Waals surface area (Å²) in [5, 5.41) is 64.6. The molecule has 0 aromatic heterocycles. The van der Waals surface area contributed by atoms with Crippen molar-refractivity contribution in [1.82, 2.24) is 5.32 Å². The molecule has 0 aromatic rings. The number of methoxy groups -OCH3 is 7. The highest BCUT2D eigenvalue weighted by atomic mass is 19.4. The van der Waals surface area contributed by atoms with Gasteiger partial charge in [-0.2, -0.15) is 13.2 Å². The first-order valence-corrected chi connectivity index (χ1v) is 52.8. The molecule has 30 heteroatoms. The number of esters is 5. The summed E-state index contributed by atoms with van der Waals surface area (Å²) in [5.41, 5.74) is 3.97. The lowest BCUT2D eigenvalue weighted by Gasteiger charge is -2.31. The zero-order valence-corrected chi connectivity index (χ0v) is 92.6. The molecule has 1 amide bonds. The van der Waals surface area contributed by atoms with E-state index in [1.807, 2.05) is 186 Å². The van der Waals surface area contributed by atoms with Crippen LogP contribution in [0.4, 0.5) is 13.2 Å². The Balaban J connectivity index is 0.000000858. The second kappa shape index (κ2) is 79.5. The molecule has 0 saturated heterocycles. The van der Waals surface area contributed by atoms with Crippen LogP contribution in [0.15, 0.2) is 179 Å². The maximum atomic E-state index is 13.2. The van der Waals surface area contributed by atoms with Crippen molar-refractivity contribution < 1.29 is 139 Å². The van der Waals surface area contributed by atoms with E-state index < -0.39 is 60.6 Å². The predicted molar refractivity (Wildman–Crippen MR) is 571 cm³/mol. The van der Waals surface area contributed by atoms with Gasteiger partial charge in [0.1, 0.15) is 81.0 Å². The molecule has 5 heterocycles. The van der Waals surface area contributed by atoms with Crippen LogP contribution in [-0.4, -0.2) is 252 Å². The Kier molecular flexibility index (Phi) is 73.9. The van der Waals surface area contributed by atoms with Gasteiger partial charge in [0.2, 0.25) is 5.91 Å². The van der Waals surface area contributed by atoms with Crippen molar-refractivity contribution in [3.05, 3.63) is 179 Å². The van der Waals surface area contributed by atoms with Crippen molar-refractivity contribution in [2.24, 2.45) is 41.4 Å². The largest absolute Gasteiger partial charge is 0.461 e. The van der Waals surface area contributed by atoms with Crippen molar-refractivity contribution in [1.29, 1.82) is 0 Å². The zero-order valence-electron chi connectivity index (χ0n) is 92.6. The van der Waals surface area contributed by atoms with Crippen molar-refractivity contribution in [3.8, 4) is 0 Å². The van der Waals surface area contributed by atoms with Gasteiger partial charge in [0.15, 0.2) is 11.4 Å². The van der Waals surface area contributed by atoms with Crippen LogP contribution in [0.2, 0.25) is 0 Å². The highest BCUT2D eigenvalue weighted by Gasteiger charge is 2.52. The number of Topliss-reactive ketones (excluding diaryl/α,β-unsaturated/α-hetero) is 2. The predicted octanol–water partition coefficient (Wildman–Crippen LogP) is 20.8. The van der Waals surface area contributed by atoms with Gasteiger partial charge in [0.05, 0.1) is 30.5 Å². The third kappa shape index (κ3) is 61.6. The molecular formula is C117H186F3NO26. The van der Waals surface area contributed by atoms with Gasteiger partial charge in [-0.25, -0.2) is 4.79 Å². The van der Waals surface area contributed by atoms with Crippen LogP contribution in [0, 0.1) is 41.4 Å². The molecule has 7 rings (SSSR count). The number of ketones is 2. The topological polar surface area (TPSA) is 381 Å². The van der Waals surface area contributed by atoms with Crippen molar-refractivity contribution in [2.75, 3.05) is 82.7 Å². The molecule has 7 N–H and O–H groups in total. The number of hydrogen-bond donors (Lipinski definition) is 7. The average molecular weight is 2080 g/mol. The molecule has 2 aliphatic carbocycles. The van der Waals surface area contributed by atoms with Gasteiger partial charge in [-0.3, -0.25) is 33.6 Å². The fourth-order valence-electron chi connectivity index (χ4n) is 16.9. The fraction of sp³-hybridized carbons (Fsp3) is 0.675. The molecule has 8 unspecified atom stereocenters. The summed E-state index contributed by atoms with van der Waals surface area (Å²) in [4.78, 5) is 93.0. The Morgan fingerprint density at radius 2 is 0.673 bits per heavy atom. The van der Waals surface area contributed by atoms with E-state index in [0.29, 0.717) is 76.7 Å². The van der Waals surface area contributed by atoms with Gasteiger partial charge in [-0.1, -0.05) is 199 Å². The summed E-state index contributed by atoms with van der Waals surface area (Å²) in [6.07, 6.45) is 53.0. The highest BCUT2D eigenvalue weighted by Crippen LogP contribution is 2.40. The van der Waals surface area contributed by atoms with E-state index in [9.17, 15) is 82.2 Å². The molecule has 21 atom stereocenters. The first-order valence-electron chi connectivity index (χ1n) is 52.8. The number of allylic oxidation sites excluding steroid dienone is 11. The number of cyclic esters (lactones) is 4. The van der Waals surface area contributed by atoms with Crippen LogP contribution in [-0.2, 0) is 95.2 Å². The summed E-state index contributed by atoms with van der Waals surface area (Å²) in [7, 11) is 11.1. The minimum atomic E-state index is -4.63. The van der Waals surface area contributed by atoms with Crippen LogP contribution in [0.1, 0.15) is 296 Å². The number of carbonyl (C=O) groups excluding carboxylic acids is 8. The van der Waals surface area contributed by atoms with E-state index in [1.165, 1.54) is 25.7 Å². The third-order valence-electron chi connectivity index (χ3n) is 25.9. The van der Waals surface area contributed by atoms with Crippen molar-refractivity contribution in [3.63, 3.8) is 0 Å². The number of aliphatic hydroxyl groups excluding tert-OH is 5. The van der Waals surface area contributed by atoms with E-state index in [1.54, 1.807) is 74.7 Å². The quantitative estimate of drug-likeness (QED) is 0.0674. The number of carbonyl (C=O) groups is 8. The first kappa shape index (κ1) is 137. The number of ether oxygens (including phenoxy) is 12. The van der Waals surface area contributed by atoms with Crippen LogP contribution in [0.25, 0.3) is 0 Å². The minimum Gasteiger partial charge on any atom is -0.461 e. The van der Waals surface area contributed by atoms with E-state index in [2.05, 4.69) is 17.5 Å². The smallest absolute Gasteiger partial charge is 0.417 e.